The van der Waals surface area contributed by atoms with Gasteiger partial charge in [-0.2, -0.15) is 13.2 Å². The number of aromatic nitrogens is 1. The van der Waals surface area contributed by atoms with Gasteiger partial charge < -0.3 is 5.32 Å². The third-order valence-corrected chi connectivity index (χ3v) is 3.94. The Morgan fingerprint density at radius 2 is 2.00 bits per heavy atom. The second-order valence-electron chi connectivity index (χ2n) is 4.32. The first kappa shape index (κ1) is 15.7. The summed E-state index contributed by atoms with van der Waals surface area (Å²) in [5.74, 6) is -1.12. The van der Waals surface area contributed by atoms with Gasteiger partial charge in [0, 0.05) is 15.3 Å². The predicted octanol–water partition coefficient (Wildman–Crippen LogP) is 4.27. The number of pyridine rings is 1. The van der Waals surface area contributed by atoms with E-state index in [4.69, 9.17) is 0 Å². The first-order valence-electron chi connectivity index (χ1n) is 5.89. The molecule has 0 saturated heterocycles. The first-order valence-corrected chi connectivity index (χ1v) is 6.96. The second-order valence-corrected chi connectivity index (χ2v) is 5.48. The lowest BCUT2D eigenvalue weighted by molar-refractivity contribution is -0.137. The molecule has 1 N–H and O–H groups in total. The summed E-state index contributed by atoms with van der Waals surface area (Å²) in [6.07, 6.45) is -3.37. The van der Waals surface area contributed by atoms with Crippen molar-refractivity contribution in [2.75, 3.05) is 5.32 Å². The maximum Gasteiger partial charge on any atom is 0.419 e. The number of anilines is 1. The normalized spacial score (nSPS) is 11.3. The first-order chi connectivity index (χ1) is 9.79. The highest BCUT2D eigenvalue weighted by atomic mass is 127. The number of carbonyl (C=O) groups is 1. The molecule has 0 bridgehead atoms. The Labute approximate surface area is 132 Å². The highest BCUT2D eigenvalue weighted by molar-refractivity contribution is 14.1. The average Bonchev–Trinajstić information content (AvgIpc) is 2.41. The van der Waals surface area contributed by atoms with Gasteiger partial charge in [0.15, 0.2) is 0 Å². The highest BCUT2D eigenvalue weighted by Gasteiger charge is 2.34. The molecule has 0 aliphatic heterocycles. The maximum atomic E-state index is 12.8. The number of alkyl halides is 3. The van der Waals surface area contributed by atoms with E-state index in [2.05, 4.69) is 32.9 Å². The molecule has 1 aromatic heterocycles. The largest absolute Gasteiger partial charge is 0.419 e. The number of nitrogens with one attached hydrogen (secondary N) is 1. The van der Waals surface area contributed by atoms with Crippen LogP contribution in [0.4, 0.5) is 19.0 Å². The molecule has 0 aliphatic carbocycles. The summed E-state index contributed by atoms with van der Waals surface area (Å²) in [5.41, 5.74) is 0.296. The fourth-order valence-electron chi connectivity index (χ4n) is 1.65. The van der Waals surface area contributed by atoms with Crippen molar-refractivity contribution in [3.05, 3.63) is 56.8 Å². The summed E-state index contributed by atoms with van der Waals surface area (Å²) >= 11 is 2.06. The molecule has 0 atom stereocenters. The van der Waals surface area contributed by atoms with Crippen LogP contribution in [-0.2, 0) is 6.18 Å². The van der Waals surface area contributed by atoms with Crippen LogP contribution < -0.4 is 5.32 Å². The van der Waals surface area contributed by atoms with Crippen LogP contribution in [-0.4, -0.2) is 10.9 Å². The van der Waals surface area contributed by atoms with Gasteiger partial charge in [0.25, 0.3) is 5.91 Å². The number of amides is 1. The summed E-state index contributed by atoms with van der Waals surface area (Å²) in [7, 11) is 0. The van der Waals surface area contributed by atoms with E-state index in [-0.39, 0.29) is 5.56 Å². The van der Waals surface area contributed by atoms with Crippen molar-refractivity contribution in [3.63, 3.8) is 0 Å². The predicted molar refractivity (Wildman–Crippen MR) is 81.1 cm³/mol. The van der Waals surface area contributed by atoms with E-state index in [1.165, 1.54) is 12.3 Å². The molecule has 3 nitrogen and oxygen atoms in total. The number of nitrogens with zero attached hydrogens (tertiary/aromatic N) is 1. The van der Waals surface area contributed by atoms with Crippen molar-refractivity contribution in [1.29, 1.82) is 0 Å². The summed E-state index contributed by atoms with van der Waals surface area (Å²) in [6.45, 7) is 1.88. The summed E-state index contributed by atoms with van der Waals surface area (Å²) in [5, 5.41) is 2.21. The Balaban J connectivity index is 2.30. The molecule has 7 heteroatoms. The summed E-state index contributed by atoms with van der Waals surface area (Å²) < 4.78 is 39.3. The smallest absolute Gasteiger partial charge is 0.306 e. The molecule has 0 spiro atoms. The van der Waals surface area contributed by atoms with E-state index in [1.54, 1.807) is 18.2 Å². The van der Waals surface area contributed by atoms with E-state index in [1.807, 2.05) is 6.92 Å². The average molecular weight is 406 g/mol. The highest BCUT2D eigenvalue weighted by Crippen LogP contribution is 2.33. The van der Waals surface area contributed by atoms with Crippen LogP contribution in [0, 0.1) is 10.5 Å². The minimum atomic E-state index is -4.57. The molecule has 2 aromatic rings. The van der Waals surface area contributed by atoms with Crippen molar-refractivity contribution >= 4 is 34.3 Å². The zero-order valence-electron chi connectivity index (χ0n) is 10.8. The van der Waals surface area contributed by atoms with E-state index in [0.717, 1.165) is 15.2 Å². The van der Waals surface area contributed by atoms with Crippen molar-refractivity contribution < 1.29 is 18.0 Å². The van der Waals surface area contributed by atoms with Crippen LogP contribution in [0.15, 0.2) is 36.5 Å². The third-order valence-electron chi connectivity index (χ3n) is 2.78. The Hall–Kier alpha value is -1.64. The van der Waals surface area contributed by atoms with Gasteiger partial charge in [0.05, 0.1) is 5.56 Å². The maximum absolute atomic E-state index is 12.8. The van der Waals surface area contributed by atoms with Crippen molar-refractivity contribution in [2.24, 2.45) is 0 Å². The lowest BCUT2D eigenvalue weighted by Crippen LogP contribution is -2.18. The SMILES string of the molecule is Cc1ccc(C(=O)Nc2ncccc2C(F)(F)F)cc1I. The lowest BCUT2D eigenvalue weighted by atomic mass is 10.1. The minimum Gasteiger partial charge on any atom is -0.306 e. The zero-order chi connectivity index (χ0) is 15.6. The topological polar surface area (TPSA) is 42.0 Å². The van der Waals surface area contributed by atoms with E-state index >= 15 is 0 Å². The third kappa shape index (κ3) is 3.72. The molecule has 0 unspecified atom stereocenters. The Bertz CT molecular complexity index is 686. The molecule has 0 aliphatic rings. The molecule has 1 heterocycles. The van der Waals surface area contributed by atoms with Gasteiger partial charge in [-0.3, -0.25) is 4.79 Å². The summed E-state index contributed by atoms with van der Waals surface area (Å²) in [6, 6.07) is 6.96. The minimum absolute atomic E-state index is 0.281. The van der Waals surface area contributed by atoms with Gasteiger partial charge in [0.2, 0.25) is 0 Å². The van der Waals surface area contributed by atoms with Gasteiger partial charge in [-0.05, 0) is 59.3 Å². The fourth-order valence-corrected chi connectivity index (χ4v) is 2.16. The van der Waals surface area contributed by atoms with E-state index in [0.29, 0.717) is 0 Å². The van der Waals surface area contributed by atoms with Gasteiger partial charge in [-0.15, -0.1) is 0 Å². The number of benzene rings is 1. The van der Waals surface area contributed by atoms with Crippen LogP contribution >= 0.6 is 22.6 Å². The van der Waals surface area contributed by atoms with Crippen molar-refractivity contribution in [2.45, 2.75) is 13.1 Å². The van der Waals surface area contributed by atoms with Crippen molar-refractivity contribution in [1.82, 2.24) is 4.98 Å². The molecule has 21 heavy (non-hydrogen) atoms. The van der Waals surface area contributed by atoms with Crippen LogP contribution in [0.3, 0.4) is 0 Å². The molecule has 0 fully saturated rings. The number of rotatable bonds is 2. The summed E-state index contributed by atoms with van der Waals surface area (Å²) in [4.78, 5) is 15.6. The van der Waals surface area contributed by atoms with Crippen LogP contribution in [0.5, 0.6) is 0 Å². The molecular formula is C14H10F3IN2O. The van der Waals surface area contributed by atoms with Gasteiger partial charge in [-0.1, -0.05) is 6.07 Å². The van der Waals surface area contributed by atoms with Gasteiger partial charge in [-0.25, -0.2) is 4.98 Å². The molecule has 1 aromatic carbocycles. The number of hydrogen-bond acceptors (Lipinski definition) is 2. The van der Waals surface area contributed by atoms with E-state index < -0.39 is 23.5 Å². The number of hydrogen-bond donors (Lipinski definition) is 1. The van der Waals surface area contributed by atoms with Crippen molar-refractivity contribution in [3.8, 4) is 0 Å². The Morgan fingerprint density at radius 3 is 2.62 bits per heavy atom. The number of aryl methyl sites for hydroxylation is 1. The Kier molecular flexibility index (Phi) is 4.50. The van der Waals surface area contributed by atoms with Gasteiger partial charge in [0.1, 0.15) is 5.82 Å². The monoisotopic (exact) mass is 406 g/mol. The van der Waals surface area contributed by atoms with Crippen LogP contribution in [0.1, 0.15) is 21.5 Å². The van der Waals surface area contributed by atoms with E-state index in [9.17, 15) is 18.0 Å². The Morgan fingerprint density at radius 1 is 1.29 bits per heavy atom. The number of carbonyl (C=O) groups excluding carboxylic acids is 1. The molecule has 0 radical (unpaired) electrons. The standard InChI is InChI=1S/C14H10F3IN2O/c1-8-4-5-9(7-11(8)18)13(21)20-12-10(14(15,16)17)3-2-6-19-12/h2-7H,1H3,(H,19,20,21). The van der Waals surface area contributed by atoms with Crippen LogP contribution in [0.25, 0.3) is 0 Å². The fraction of sp³-hybridized carbons (Fsp3) is 0.143. The quantitative estimate of drug-likeness (QED) is 0.758. The molecule has 2 rings (SSSR count). The number of halogens is 4. The molecular weight excluding hydrogens is 396 g/mol. The molecule has 110 valence electrons. The molecule has 0 saturated carbocycles. The zero-order valence-corrected chi connectivity index (χ0v) is 13.0. The molecule has 1 amide bonds. The lowest BCUT2D eigenvalue weighted by Gasteiger charge is -2.12. The second kappa shape index (κ2) is 6.00. The van der Waals surface area contributed by atoms with Gasteiger partial charge >= 0.3 is 6.18 Å². The van der Waals surface area contributed by atoms with Crippen LogP contribution in [0.2, 0.25) is 0 Å².